The van der Waals surface area contributed by atoms with Crippen LogP contribution >= 0.6 is 0 Å². The van der Waals surface area contributed by atoms with Crippen LogP contribution in [0.25, 0.3) is 0 Å². The minimum absolute atomic E-state index is 0.537. The number of aliphatic hydroxyl groups excluding tert-OH is 4. The Balaban J connectivity index is 2.60. The van der Waals surface area contributed by atoms with Crippen LogP contribution in [0.15, 0.2) is 0 Å². The highest BCUT2D eigenvalue weighted by molar-refractivity contribution is 4.90. The van der Waals surface area contributed by atoms with Crippen LogP contribution in [0.4, 0.5) is 0 Å². The zero-order valence-corrected chi connectivity index (χ0v) is 7.20. The quantitative estimate of drug-likeness (QED) is 0.394. The first-order valence-corrected chi connectivity index (χ1v) is 3.95. The molecule has 6 nitrogen and oxygen atoms in total. The van der Waals surface area contributed by atoms with Gasteiger partial charge in [0.1, 0.15) is 24.4 Å². The van der Waals surface area contributed by atoms with E-state index in [4.69, 9.17) is 19.7 Å². The Morgan fingerprint density at radius 2 is 2.00 bits per heavy atom. The van der Waals surface area contributed by atoms with E-state index in [1.807, 2.05) is 0 Å². The van der Waals surface area contributed by atoms with Gasteiger partial charge in [-0.2, -0.15) is 0 Å². The molecule has 1 fully saturated rings. The molecule has 1 aliphatic rings. The Bertz CT molecular complexity index is 163. The van der Waals surface area contributed by atoms with Gasteiger partial charge in [0.05, 0.1) is 6.61 Å². The van der Waals surface area contributed by atoms with Crippen LogP contribution < -0.4 is 0 Å². The summed E-state index contributed by atoms with van der Waals surface area (Å²) in [5.41, 5.74) is 0. The van der Waals surface area contributed by atoms with E-state index < -0.39 is 37.3 Å². The van der Waals surface area contributed by atoms with Gasteiger partial charge in [-0.3, -0.25) is 0 Å². The summed E-state index contributed by atoms with van der Waals surface area (Å²) in [4.78, 5) is 0. The van der Waals surface area contributed by atoms with E-state index in [0.29, 0.717) is 0 Å². The predicted octanol–water partition coefficient (Wildman–Crippen LogP) is -2.57. The van der Waals surface area contributed by atoms with Crippen LogP contribution in [-0.4, -0.2) is 64.8 Å². The minimum Gasteiger partial charge on any atom is -0.394 e. The molecule has 0 bridgehead atoms. The molecule has 1 rings (SSSR count). The highest BCUT2D eigenvalue weighted by atomic mass is 16.7. The molecule has 0 radical (unpaired) electrons. The Morgan fingerprint density at radius 1 is 1.38 bits per heavy atom. The molecular formula is C7H14O6. The molecule has 0 unspecified atom stereocenters. The van der Waals surface area contributed by atoms with Crippen molar-refractivity contribution >= 4 is 0 Å². The Morgan fingerprint density at radius 3 is 2.38 bits per heavy atom. The molecule has 0 spiro atoms. The van der Waals surface area contributed by atoms with E-state index >= 15 is 0 Å². The van der Waals surface area contributed by atoms with E-state index in [0.717, 1.165) is 0 Å². The van der Waals surface area contributed by atoms with Gasteiger partial charge in [-0.1, -0.05) is 0 Å². The van der Waals surface area contributed by atoms with Crippen molar-refractivity contribution in [3.8, 4) is 0 Å². The van der Waals surface area contributed by atoms with Crippen molar-refractivity contribution in [2.24, 2.45) is 0 Å². The molecule has 0 aromatic heterocycles. The molecule has 1 aliphatic heterocycles. The second-order valence-corrected chi connectivity index (χ2v) is 2.94. The summed E-state index contributed by atoms with van der Waals surface area (Å²) in [7, 11) is 1.31. The molecule has 1 heterocycles. The van der Waals surface area contributed by atoms with Crippen LogP contribution in [0.2, 0.25) is 0 Å². The summed E-state index contributed by atoms with van der Waals surface area (Å²) >= 11 is 0. The average Bonchev–Trinajstić information content (AvgIpc) is 2.43. The van der Waals surface area contributed by atoms with Crippen molar-refractivity contribution in [2.45, 2.75) is 30.7 Å². The summed E-state index contributed by atoms with van der Waals surface area (Å²) in [6, 6.07) is 0. The Hall–Kier alpha value is -0.240. The van der Waals surface area contributed by atoms with E-state index in [1.165, 1.54) is 7.11 Å². The van der Waals surface area contributed by atoms with Crippen LogP contribution in [0.3, 0.4) is 0 Å². The summed E-state index contributed by atoms with van der Waals surface area (Å²) in [5, 5.41) is 36.4. The normalized spacial score (nSPS) is 42.2. The smallest absolute Gasteiger partial charge is 0.186 e. The minimum atomic E-state index is -1.24. The number of methoxy groups -OCH3 is 1. The summed E-state index contributed by atoms with van der Waals surface area (Å²) < 4.78 is 9.65. The number of aliphatic hydroxyl groups is 4. The molecule has 4 N–H and O–H groups in total. The van der Waals surface area contributed by atoms with Crippen molar-refractivity contribution in [2.75, 3.05) is 13.7 Å². The van der Waals surface area contributed by atoms with Gasteiger partial charge in [0.25, 0.3) is 0 Å². The van der Waals surface area contributed by atoms with Crippen molar-refractivity contribution in [1.82, 2.24) is 0 Å². The molecular weight excluding hydrogens is 180 g/mol. The SMILES string of the molecule is CO[C@H]1O[C@@H]([C@H](O)CO)[C@@H](O)[C@@H]1O. The fraction of sp³-hybridized carbons (Fsp3) is 1.00. The van der Waals surface area contributed by atoms with E-state index in [9.17, 15) is 10.2 Å². The predicted molar refractivity (Wildman–Crippen MR) is 40.8 cm³/mol. The molecule has 1 saturated heterocycles. The van der Waals surface area contributed by atoms with Crippen molar-refractivity contribution in [1.29, 1.82) is 0 Å². The highest BCUT2D eigenvalue weighted by Gasteiger charge is 2.45. The second kappa shape index (κ2) is 4.32. The number of hydrogen-bond donors (Lipinski definition) is 4. The lowest BCUT2D eigenvalue weighted by atomic mass is 10.1. The number of hydrogen-bond acceptors (Lipinski definition) is 6. The number of rotatable bonds is 3. The van der Waals surface area contributed by atoms with Crippen LogP contribution in [0.1, 0.15) is 0 Å². The topological polar surface area (TPSA) is 99.4 Å². The lowest BCUT2D eigenvalue weighted by Gasteiger charge is -2.18. The molecule has 13 heavy (non-hydrogen) atoms. The average molecular weight is 194 g/mol. The van der Waals surface area contributed by atoms with Crippen molar-refractivity contribution in [3.05, 3.63) is 0 Å². The molecule has 6 heteroatoms. The first kappa shape index (κ1) is 10.8. The summed E-state index contributed by atoms with van der Waals surface area (Å²) in [5.74, 6) is 0. The molecule has 0 amide bonds. The maximum absolute atomic E-state index is 9.33. The number of ether oxygens (including phenoxy) is 2. The van der Waals surface area contributed by atoms with Crippen molar-refractivity contribution < 1.29 is 29.9 Å². The maximum Gasteiger partial charge on any atom is 0.186 e. The zero-order chi connectivity index (χ0) is 10.0. The second-order valence-electron chi connectivity index (χ2n) is 2.94. The largest absolute Gasteiger partial charge is 0.394 e. The lowest BCUT2D eigenvalue weighted by Crippen LogP contribution is -2.40. The molecule has 78 valence electrons. The molecule has 0 aromatic rings. The van der Waals surface area contributed by atoms with Gasteiger partial charge in [0.15, 0.2) is 6.29 Å². The Labute approximate surface area is 75.3 Å². The molecule has 0 aliphatic carbocycles. The van der Waals surface area contributed by atoms with Gasteiger partial charge < -0.3 is 29.9 Å². The van der Waals surface area contributed by atoms with Gasteiger partial charge in [-0.15, -0.1) is 0 Å². The van der Waals surface area contributed by atoms with Gasteiger partial charge in [-0.25, -0.2) is 0 Å². The van der Waals surface area contributed by atoms with Crippen LogP contribution in [0.5, 0.6) is 0 Å². The van der Waals surface area contributed by atoms with E-state index in [1.54, 1.807) is 0 Å². The molecule has 5 atom stereocenters. The third-order valence-corrected chi connectivity index (χ3v) is 2.06. The highest BCUT2D eigenvalue weighted by Crippen LogP contribution is 2.23. The zero-order valence-electron chi connectivity index (χ0n) is 7.20. The maximum atomic E-state index is 9.33. The monoisotopic (exact) mass is 194 g/mol. The van der Waals surface area contributed by atoms with Crippen LogP contribution in [-0.2, 0) is 9.47 Å². The fourth-order valence-corrected chi connectivity index (χ4v) is 1.29. The fourth-order valence-electron chi connectivity index (χ4n) is 1.29. The lowest BCUT2D eigenvalue weighted by molar-refractivity contribution is -0.166. The first-order valence-electron chi connectivity index (χ1n) is 3.95. The van der Waals surface area contributed by atoms with Gasteiger partial charge in [0, 0.05) is 7.11 Å². The van der Waals surface area contributed by atoms with E-state index in [-0.39, 0.29) is 0 Å². The molecule has 0 saturated carbocycles. The van der Waals surface area contributed by atoms with Crippen LogP contribution in [0, 0.1) is 0 Å². The summed E-state index contributed by atoms with van der Waals surface area (Å²) in [6.07, 6.45) is -5.63. The molecule has 0 aromatic carbocycles. The van der Waals surface area contributed by atoms with Crippen molar-refractivity contribution in [3.63, 3.8) is 0 Å². The standard InChI is InChI=1S/C7H14O6/c1-12-7-5(11)4(10)6(13-7)3(9)2-8/h3-11H,2H2,1H3/t3-,4+,5+,6+,7+/m1/s1. The third kappa shape index (κ3) is 1.98. The van der Waals surface area contributed by atoms with Gasteiger partial charge >= 0.3 is 0 Å². The van der Waals surface area contributed by atoms with E-state index in [2.05, 4.69) is 0 Å². The third-order valence-electron chi connectivity index (χ3n) is 2.06. The van der Waals surface area contributed by atoms with Gasteiger partial charge in [-0.05, 0) is 0 Å². The first-order chi connectivity index (χ1) is 6.11. The Kier molecular flexibility index (Phi) is 3.60. The summed E-state index contributed by atoms with van der Waals surface area (Å²) in [6.45, 7) is -0.537. The van der Waals surface area contributed by atoms with Gasteiger partial charge in [0.2, 0.25) is 0 Å².